The fourth-order valence-corrected chi connectivity index (χ4v) is 2.95. The summed E-state index contributed by atoms with van der Waals surface area (Å²) in [6.45, 7) is -2.41. The van der Waals surface area contributed by atoms with Crippen LogP contribution in [0.15, 0.2) is 0 Å². The number of aliphatic hydroxyl groups is 9. The lowest BCUT2D eigenvalue weighted by Gasteiger charge is -2.46. The molecule has 0 aromatic carbocycles. The molecule has 2 fully saturated rings. The highest BCUT2D eigenvalue weighted by Crippen LogP contribution is 2.29. The second kappa shape index (κ2) is 10.5. The van der Waals surface area contributed by atoms with E-state index in [4.69, 9.17) is 24.1 Å². The Bertz CT molecular complexity index is 463. The molecule has 0 aromatic rings. The van der Waals surface area contributed by atoms with Crippen molar-refractivity contribution in [2.24, 2.45) is 0 Å². The van der Waals surface area contributed by atoms with Gasteiger partial charge < -0.3 is 64.9 Å². The van der Waals surface area contributed by atoms with Gasteiger partial charge in [-0.15, -0.1) is 0 Å². The summed E-state index contributed by atoms with van der Waals surface area (Å²) < 4.78 is 20.9. The second-order valence-electron chi connectivity index (χ2n) is 6.67. The molecule has 2 saturated heterocycles. The summed E-state index contributed by atoms with van der Waals surface area (Å²) in [5.41, 5.74) is 0. The minimum Gasteiger partial charge on any atom is -0.394 e. The molecule has 0 aliphatic carbocycles. The van der Waals surface area contributed by atoms with Crippen LogP contribution in [0.25, 0.3) is 0 Å². The second-order valence-corrected chi connectivity index (χ2v) is 6.67. The molecule has 0 saturated carbocycles. The lowest BCUT2D eigenvalue weighted by Crippen LogP contribution is -2.64. The summed E-state index contributed by atoms with van der Waals surface area (Å²) in [5, 5.41) is 86.9. The highest BCUT2D eigenvalue weighted by Gasteiger charge is 2.50. The molecular formula is C15H28O13. The highest BCUT2D eigenvalue weighted by molar-refractivity contribution is 4.94. The lowest BCUT2D eigenvalue weighted by molar-refractivity contribution is -0.360. The summed E-state index contributed by atoms with van der Waals surface area (Å²) in [7, 11) is 0. The number of hydrogen-bond acceptors (Lipinski definition) is 13. The number of rotatable bonds is 8. The van der Waals surface area contributed by atoms with Crippen molar-refractivity contribution >= 4 is 0 Å². The van der Waals surface area contributed by atoms with Crippen LogP contribution in [0.5, 0.6) is 0 Å². The van der Waals surface area contributed by atoms with Crippen LogP contribution in [-0.4, -0.2) is 140 Å². The minimum atomic E-state index is -1.75. The van der Waals surface area contributed by atoms with Gasteiger partial charge in [0.1, 0.15) is 54.9 Å². The third-order valence-corrected chi connectivity index (χ3v) is 4.62. The van der Waals surface area contributed by atoms with Crippen LogP contribution in [-0.2, 0) is 18.9 Å². The van der Waals surface area contributed by atoms with E-state index in [1.54, 1.807) is 0 Å². The van der Waals surface area contributed by atoms with Crippen LogP contribution in [0.1, 0.15) is 0 Å². The maximum absolute atomic E-state index is 10.3. The molecule has 0 amide bonds. The van der Waals surface area contributed by atoms with Gasteiger partial charge in [0.15, 0.2) is 12.6 Å². The molecular weight excluding hydrogens is 388 g/mol. The first-order valence-electron chi connectivity index (χ1n) is 8.74. The molecule has 2 aliphatic rings. The lowest BCUT2D eigenvalue weighted by atomic mass is 9.97. The van der Waals surface area contributed by atoms with Crippen molar-refractivity contribution in [2.75, 3.05) is 26.4 Å². The molecule has 0 spiro atoms. The number of ether oxygens (including phenoxy) is 4. The summed E-state index contributed by atoms with van der Waals surface area (Å²) in [6, 6.07) is 0. The zero-order chi connectivity index (χ0) is 21.0. The van der Waals surface area contributed by atoms with E-state index in [2.05, 4.69) is 0 Å². The van der Waals surface area contributed by atoms with Gasteiger partial charge in [-0.05, 0) is 0 Å². The number of hydrogen-bond donors (Lipinski definition) is 9. The quantitative estimate of drug-likeness (QED) is 0.180. The third kappa shape index (κ3) is 5.14. The van der Waals surface area contributed by atoms with Gasteiger partial charge in [-0.1, -0.05) is 0 Å². The smallest absolute Gasteiger partial charge is 0.187 e. The van der Waals surface area contributed by atoms with Gasteiger partial charge >= 0.3 is 0 Å². The van der Waals surface area contributed by atoms with Gasteiger partial charge in [-0.25, -0.2) is 0 Å². The average Bonchev–Trinajstić information content (AvgIpc) is 2.70. The van der Waals surface area contributed by atoms with Gasteiger partial charge in [0.25, 0.3) is 0 Å². The Labute approximate surface area is 159 Å². The van der Waals surface area contributed by atoms with Crippen molar-refractivity contribution < 1.29 is 64.9 Å². The van der Waals surface area contributed by atoms with Gasteiger partial charge in [0.2, 0.25) is 0 Å². The molecule has 2 rings (SSSR count). The molecule has 0 radical (unpaired) electrons. The van der Waals surface area contributed by atoms with Crippen LogP contribution < -0.4 is 0 Å². The van der Waals surface area contributed by atoms with E-state index < -0.39 is 93.9 Å². The summed E-state index contributed by atoms with van der Waals surface area (Å²) in [6.07, 6.45) is -16.7. The molecule has 2 heterocycles. The fourth-order valence-electron chi connectivity index (χ4n) is 2.95. The largest absolute Gasteiger partial charge is 0.394 e. The van der Waals surface area contributed by atoms with E-state index in [1.807, 2.05) is 0 Å². The molecule has 28 heavy (non-hydrogen) atoms. The van der Waals surface area contributed by atoms with Crippen LogP contribution in [0.3, 0.4) is 0 Å². The van der Waals surface area contributed by atoms with Crippen molar-refractivity contribution in [3.8, 4) is 0 Å². The van der Waals surface area contributed by atoms with Crippen LogP contribution >= 0.6 is 0 Å². The standard InChI is InChI=1S/C15H28O13/c16-1-5(19)4-25-14-12(24)10(22)13(7(3-18)27-14)28-15-11(23)9(21)8(20)6(2-17)26-15/h5-24H,1-4H2/t5?,6-,7-,8+,9+,10-,11-,12-,13+,14-,15+/m1/s1. The van der Waals surface area contributed by atoms with E-state index in [-0.39, 0.29) is 0 Å². The minimum absolute atomic E-state index is 0.415. The maximum atomic E-state index is 10.3. The highest BCUT2D eigenvalue weighted by atomic mass is 16.7. The molecule has 2 aliphatic heterocycles. The van der Waals surface area contributed by atoms with Crippen molar-refractivity contribution in [1.82, 2.24) is 0 Å². The number of aliphatic hydroxyl groups excluding tert-OH is 9. The van der Waals surface area contributed by atoms with E-state index in [0.717, 1.165) is 0 Å². The molecule has 13 nitrogen and oxygen atoms in total. The van der Waals surface area contributed by atoms with Crippen molar-refractivity contribution in [2.45, 2.75) is 67.5 Å². The topological polar surface area (TPSA) is 219 Å². The van der Waals surface area contributed by atoms with Crippen molar-refractivity contribution in [3.05, 3.63) is 0 Å². The Morgan fingerprint density at radius 1 is 0.714 bits per heavy atom. The molecule has 166 valence electrons. The molecule has 0 bridgehead atoms. The Morgan fingerprint density at radius 2 is 1.29 bits per heavy atom. The molecule has 0 aromatic heterocycles. The van der Waals surface area contributed by atoms with Gasteiger partial charge in [0, 0.05) is 0 Å². The Balaban J connectivity index is 2.06. The maximum Gasteiger partial charge on any atom is 0.187 e. The van der Waals surface area contributed by atoms with E-state index in [9.17, 15) is 40.9 Å². The predicted molar refractivity (Wildman–Crippen MR) is 85.4 cm³/mol. The SMILES string of the molecule is OCC(O)CO[C@@H]1O[C@H](CO)[C@H](O[C@@H]2O[C@H](CO)[C@H](O)[C@H](O)[C@H]2O)[C@H](O)[C@H]1O. The first-order valence-corrected chi connectivity index (χ1v) is 8.74. The van der Waals surface area contributed by atoms with Crippen LogP contribution in [0.4, 0.5) is 0 Å². The molecule has 13 heteroatoms. The third-order valence-electron chi connectivity index (χ3n) is 4.62. The zero-order valence-electron chi connectivity index (χ0n) is 14.8. The van der Waals surface area contributed by atoms with Crippen LogP contribution in [0.2, 0.25) is 0 Å². The summed E-state index contributed by atoms with van der Waals surface area (Å²) >= 11 is 0. The summed E-state index contributed by atoms with van der Waals surface area (Å²) in [4.78, 5) is 0. The Hall–Kier alpha value is -0.520. The van der Waals surface area contributed by atoms with E-state index in [1.165, 1.54) is 0 Å². The van der Waals surface area contributed by atoms with Crippen molar-refractivity contribution in [1.29, 1.82) is 0 Å². The van der Waals surface area contributed by atoms with Gasteiger partial charge in [-0.2, -0.15) is 0 Å². The summed E-state index contributed by atoms with van der Waals surface area (Å²) in [5.74, 6) is 0. The monoisotopic (exact) mass is 416 g/mol. The van der Waals surface area contributed by atoms with Gasteiger partial charge in [-0.3, -0.25) is 0 Å². The first-order chi connectivity index (χ1) is 13.2. The fraction of sp³-hybridized carbons (Fsp3) is 1.00. The normalized spacial score (nSPS) is 45.8. The average molecular weight is 416 g/mol. The predicted octanol–water partition coefficient (Wildman–Crippen LogP) is -6.02. The van der Waals surface area contributed by atoms with Crippen LogP contribution in [0, 0.1) is 0 Å². The van der Waals surface area contributed by atoms with E-state index >= 15 is 0 Å². The molecule has 9 N–H and O–H groups in total. The Morgan fingerprint density at radius 3 is 1.86 bits per heavy atom. The molecule has 1 unspecified atom stereocenters. The van der Waals surface area contributed by atoms with Crippen molar-refractivity contribution in [3.63, 3.8) is 0 Å². The first kappa shape index (κ1) is 23.8. The Kier molecular flexibility index (Phi) is 8.90. The zero-order valence-corrected chi connectivity index (χ0v) is 14.8. The van der Waals surface area contributed by atoms with E-state index in [0.29, 0.717) is 0 Å². The van der Waals surface area contributed by atoms with Gasteiger partial charge in [0.05, 0.1) is 26.4 Å². The molecule has 11 atom stereocenters.